The lowest BCUT2D eigenvalue weighted by molar-refractivity contribution is -0.117. The summed E-state index contributed by atoms with van der Waals surface area (Å²) in [5.41, 5.74) is 1.23. The molecule has 0 aliphatic carbocycles. The number of halogens is 2. The predicted octanol–water partition coefficient (Wildman–Crippen LogP) is 6.09. The first-order valence-electron chi connectivity index (χ1n) is 11.7. The molecule has 1 N–H and O–H groups in total. The van der Waals surface area contributed by atoms with Crippen LogP contribution in [0, 0.1) is 11.7 Å². The zero-order valence-corrected chi connectivity index (χ0v) is 21.6. The molecule has 0 bridgehead atoms. The maximum Gasteiger partial charge on any atom is 0.257 e. The van der Waals surface area contributed by atoms with Gasteiger partial charge in [-0.05, 0) is 48.7 Å². The molecule has 186 valence electrons. The number of anilines is 1. The molecule has 0 radical (unpaired) electrons. The van der Waals surface area contributed by atoms with Gasteiger partial charge in [-0.3, -0.25) is 9.59 Å². The van der Waals surface area contributed by atoms with Gasteiger partial charge in [-0.1, -0.05) is 58.4 Å². The van der Waals surface area contributed by atoms with Crippen molar-refractivity contribution in [3.8, 4) is 5.69 Å². The molecule has 0 saturated carbocycles. The molecule has 0 atom stereocenters. The molecule has 1 heterocycles. The molecule has 35 heavy (non-hydrogen) atoms. The number of carbonyl (C=O) groups excluding carboxylic acids is 2. The van der Waals surface area contributed by atoms with E-state index in [1.54, 1.807) is 22.9 Å². The second kappa shape index (κ2) is 11.0. The Hall–Kier alpha value is -3.19. The molecule has 0 saturated heterocycles. The highest BCUT2D eigenvalue weighted by Crippen LogP contribution is 2.27. The van der Waals surface area contributed by atoms with E-state index in [0.29, 0.717) is 29.7 Å². The summed E-state index contributed by atoms with van der Waals surface area (Å²) >= 11 is 6.04. The summed E-state index contributed by atoms with van der Waals surface area (Å²) in [6.07, 6.45) is 0.685. The minimum atomic E-state index is -0.608. The SMILES string of the molecule is CC(C)CCN(CC(=O)Nc1cc(C(C)(C)C)nn1-c1ccc(Cl)cc1)C(=O)c1ccccc1F. The van der Waals surface area contributed by atoms with E-state index in [2.05, 4.69) is 5.32 Å². The van der Waals surface area contributed by atoms with Crippen molar-refractivity contribution in [1.29, 1.82) is 0 Å². The highest BCUT2D eigenvalue weighted by molar-refractivity contribution is 6.30. The molecular formula is C27H32ClFN4O2. The molecule has 2 aromatic carbocycles. The van der Waals surface area contributed by atoms with Crippen molar-refractivity contribution in [3.05, 3.63) is 76.7 Å². The quantitative estimate of drug-likeness (QED) is 0.408. The molecule has 0 aliphatic rings. The molecule has 3 rings (SSSR count). The third-order valence-electron chi connectivity index (χ3n) is 5.52. The average molecular weight is 499 g/mol. The summed E-state index contributed by atoms with van der Waals surface area (Å²) in [7, 11) is 0. The molecule has 8 heteroatoms. The fourth-order valence-electron chi connectivity index (χ4n) is 3.44. The second-order valence-corrected chi connectivity index (χ2v) is 10.4. The normalized spacial score (nSPS) is 11.5. The number of aromatic nitrogens is 2. The smallest absolute Gasteiger partial charge is 0.257 e. The number of amides is 2. The van der Waals surface area contributed by atoms with Gasteiger partial charge in [0.15, 0.2) is 0 Å². The molecular weight excluding hydrogens is 467 g/mol. The Kier molecular flexibility index (Phi) is 8.33. The fourth-order valence-corrected chi connectivity index (χ4v) is 3.57. The maximum atomic E-state index is 14.3. The Morgan fingerprint density at radius 1 is 1.11 bits per heavy atom. The molecule has 0 fully saturated rings. The van der Waals surface area contributed by atoms with Gasteiger partial charge >= 0.3 is 0 Å². The van der Waals surface area contributed by atoms with E-state index >= 15 is 0 Å². The fraction of sp³-hybridized carbons (Fsp3) is 0.370. The average Bonchev–Trinajstić information content (AvgIpc) is 3.21. The number of hydrogen-bond donors (Lipinski definition) is 1. The maximum absolute atomic E-state index is 14.3. The lowest BCUT2D eigenvalue weighted by Crippen LogP contribution is -2.39. The molecule has 2 amide bonds. The Morgan fingerprint density at radius 2 is 1.77 bits per heavy atom. The van der Waals surface area contributed by atoms with Crippen molar-refractivity contribution in [3.63, 3.8) is 0 Å². The van der Waals surface area contributed by atoms with Gasteiger partial charge in [0.1, 0.15) is 18.2 Å². The number of nitrogens with one attached hydrogen (secondary N) is 1. The van der Waals surface area contributed by atoms with Gasteiger partial charge in [0.25, 0.3) is 5.91 Å². The predicted molar refractivity (Wildman–Crippen MR) is 138 cm³/mol. The summed E-state index contributed by atoms with van der Waals surface area (Å²) in [6.45, 7) is 10.3. The molecule has 0 spiro atoms. The van der Waals surface area contributed by atoms with Crippen molar-refractivity contribution >= 4 is 29.2 Å². The van der Waals surface area contributed by atoms with Crippen LogP contribution in [0.15, 0.2) is 54.6 Å². The summed E-state index contributed by atoms with van der Waals surface area (Å²) in [6, 6.07) is 14.8. The van der Waals surface area contributed by atoms with Crippen LogP contribution in [0.25, 0.3) is 5.69 Å². The zero-order chi connectivity index (χ0) is 25.8. The van der Waals surface area contributed by atoms with E-state index < -0.39 is 17.6 Å². The summed E-state index contributed by atoms with van der Waals surface area (Å²) in [5.74, 6) is -0.725. The number of benzene rings is 2. The highest BCUT2D eigenvalue weighted by atomic mass is 35.5. The highest BCUT2D eigenvalue weighted by Gasteiger charge is 2.24. The van der Waals surface area contributed by atoms with E-state index in [1.807, 2.05) is 52.8 Å². The minimum Gasteiger partial charge on any atom is -0.329 e. The summed E-state index contributed by atoms with van der Waals surface area (Å²) in [5, 5.41) is 8.18. The Balaban J connectivity index is 1.87. The Bertz CT molecular complexity index is 1180. The monoisotopic (exact) mass is 498 g/mol. The first-order chi connectivity index (χ1) is 16.5. The Morgan fingerprint density at radius 3 is 2.37 bits per heavy atom. The van der Waals surface area contributed by atoms with Crippen LogP contribution in [0.5, 0.6) is 0 Å². The summed E-state index contributed by atoms with van der Waals surface area (Å²) in [4.78, 5) is 27.6. The van der Waals surface area contributed by atoms with Gasteiger partial charge in [0.05, 0.1) is 16.9 Å². The van der Waals surface area contributed by atoms with Crippen molar-refractivity contribution in [2.75, 3.05) is 18.4 Å². The lowest BCUT2D eigenvalue weighted by Gasteiger charge is -2.23. The van der Waals surface area contributed by atoms with Crippen LogP contribution in [0.2, 0.25) is 5.02 Å². The van der Waals surface area contributed by atoms with E-state index in [1.165, 1.54) is 23.1 Å². The van der Waals surface area contributed by atoms with Crippen LogP contribution in [-0.2, 0) is 10.2 Å². The second-order valence-electron chi connectivity index (χ2n) is 9.99. The van der Waals surface area contributed by atoms with E-state index in [4.69, 9.17) is 16.7 Å². The van der Waals surface area contributed by atoms with Gasteiger partial charge < -0.3 is 10.2 Å². The molecule has 1 aromatic heterocycles. The van der Waals surface area contributed by atoms with Gasteiger partial charge in [0, 0.05) is 23.0 Å². The van der Waals surface area contributed by atoms with Crippen LogP contribution < -0.4 is 5.32 Å². The molecule has 0 aliphatic heterocycles. The van der Waals surface area contributed by atoms with Crippen molar-refractivity contribution in [2.24, 2.45) is 5.92 Å². The first kappa shape index (κ1) is 26.4. The van der Waals surface area contributed by atoms with Crippen molar-refractivity contribution < 1.29 is 14.0 Å². The van der Waals surface area contributed by atoms with Crippen LogP contribution in [0.4, 0.5) is 10.2 Å². The van der Waals surface area contributed by atoms with E-state index in [0.717, 1.165) is 11.4 Å². The number of nitrogens with zero attached hydrogens (tertiary/aromatic N) is 3. The molecule has 0 unspecified atom stereocenters. The lowest BCUT2D eigenvalue weighted by atomic mass is 9.92. The van der Waals surface area contributed by atoms with Gasteiger partial charge in [0.2, 0.25) is 5.91 Å². The van der Waals surface area contributed by atoms with Gasteiger partial charge in [-0.25, -0.2) is 9.07 Å². The number of rotatable bonds is 8. The van der Waals surface area contributed by atoms with Crippen molar-refractivity contribution in [2.45, 2.75) is 46.5 Å². The van der Waals surface area contributed by atoms with Crippen LogP contribution in [0.1, 0.15) is 57.1 Å². The first-order valence-corrected chi connectivity index (χ1v) is 12.0. The van der Waals surface area contributed by atoms with Crippen molar-refractivity contribution in [1.82, 2.24) is 14.7 Å². The topological polar surface area (TPSA) is 67.2 Å². The summed E-state index contributed by atoms with van der Waals surface area (Å²) < 4.78 is 15.9. The van der Waals surface area contributed by atoms with Gasteiger partial charge in [-0.15, -0.1) is 0 Å². The van der Waals surface area contributed by atoms with E-state index in [9.17, 15) is 14.0 Å². The standard InChI is InChI=1S/C27H32ClFN4O2/c1-18(2)14-15-32(26(35)21-8-6-7-9-22(21)29)17-25(34)30-24-16-23(27(3,4)5)31-33(24)20-12-10-19(28)11-13-20/h6-13,16,18H,14-15,17H2,1-5H3,(H,30,34). The largest absolute Gasteiger partial charge is 0.329 e. The zero-order valence-electron chi connectivity index (χ0n) is 20.8. The van der Waals surface area contributed by atoms with Crippen LogP contribution in [0.3, 0.4) is 0 Å². The molecule has 6 nitrogen and oxygen atoms in total. The number of hydrogen-bond acceptors (Lipinski definition) is 3. The van der Waals surface area contributed by atoms with E-state index in [-0.39, 0.29) is 17.5 Å². The Labute approximate surface area is 211 Å². The number of carbonyl (C=O) groups is 2. The van der Waals surface area contributed by atoms with Crippen LogP contribution >= 0.6 is 11.6 Å². The minimum absolute atomic E-state index is 0.0507. The van der Waals surface area contributed by atoms with Crippen LogP contribution in [-0.4, -0.2) is 39.6 Å². The van der Waals surface area contributed by atoms with Gasteiger partial charge in [-0.2, -0.15) is 5.10 Å². The molecule has 3 aromatic rings. The third-order valence-corrected chi connectivity index (χ3v) is 5.77. The third kappa shape index (κ3) is 6.92.